The van der Waals surface area contributed by atoms with Crippen molar-refractivity contribution < 1.29 is 13.9 Å². The molecule has 0 unspecified atom stereocenters. The number of aromatic nitrogens is 6. The van der Waals surface area contributed by atoms with Crippen LogP contribution in [0.5, 0.6) is 0 Å². The van der Waals surface area contributed by atoms with E-state index in [2.05, 4.69) is 41.5 Å². The van der Waals surface area contributed by atoms with Gasteiger partial charge in [0.1, 0.15) is 0 Å². The Kier molecular flexibility index (Phi) is 5.51. The van der Waals surface area contributed by atoms with Crippen molar-refractivity contribution in [2.24, 2.45) is 0 Å². The van der Waals surface area contributed by atoms with E-state index in [1.165, 1.54) is 0 Å². The SMILES string of the molecule is CCOC(=O)c1ncn(Cc2c3ccocc-3c(Br)c2-c2ccccc2-c2nn[nH]n2)c1C. The predicted molar refractivity (Wildman–Crippen MR) is 124 cm³/mol. The van der Waals surface area contributed by atoms with Crippen LogP contribution in [-0.2, 0) is 11.3 Å². The van der Waals surface area contributed by atoms with Crippen LogP contribution in [0, 0.1) is 6.92 Å². The Morgan fingerprint density at radius 2 is 2.00 bits per heavy atom. The van der Waals surface area contributed by atoms with Gasteiger partial charge < -0.3 is 13.7 Å². The second-order valence-corrected chi connectivity index (χ2v) is 8.15. The number of hydrogen-bond acceptors (Lipinski definition) is 7. The minimum atomic E-state index is -0.427. The molecule has 1 aliphatic carbocycles. The average Bonchev–Trinajstić information content (AvgIpc) is 3.55. The van der Waals surface area contributed by atoms with Crippen LogP contribution in [0.1, 0.15) is 28.7 Å². The largest absolute Gasteiger partial charge is 0.472 e. The average molecular weight is 507 g/mol. The minimum Gasteiger partial charge on any atom is -0.472 e. The number of fused-ring (bicyclic) bond motifs is 1. The third-order valence-corrected chi connectivity index (χ3v) is 6.38. The Bertz CT molecular complexity index is 1410. The highest BCUT2D eigenvalue weighted by atomic mass is 79.9. The highest BCUT2D eigenvalue weighted by molar-refractivity contribution is 9.10. The molecule has 2 aromatic heterocycles. The van der Waals surface area contributed by atoms with E-state index in [4.69, 9.17) is 9.15 Å². The molecule has 166 valence electrons. The van der Waals surface area contributed by atoms with Crippen LogP contribution in [0.2, 0.25) is 0 Å². The number of halogens is 1. The molecule has 0 spiro atoms. The summed E-state index contributed by atoms with van der Waals surface area (Å²) in [5.74, 6) is 0.0746. The summed E-state index contributed by atoms with van der Waals surface area (Å²) in [5.41, 5.74) is 6.82. The molecule has 0 fully saturated rings. The minimum absolute atomic E-state index is 0.298. The van der Waals surface area contributed by atoms with Crippen LogP contribution < -0.4 is 0 Å². The fourth-order valence-corrected chi connectivity index (χ4v) is 4.75. The maximum absolute atomic E-state index is 12.3. The topological polar surface area (TPSA) is 112 Å². The van der Waals surface area contributed by atoms with Crippen molar-refractivity contribution in [3.8, 4) is 33.6 Å². The smallest absolute Gasteiger partial charge is 0.358 e. The van der Waals surface area contributed by atoms with E-state index in [1.54, 1.807) is 25.8 Å². The van der Waals surface area contributed by atoms with Crippen molar-refractivity contribution in [2.45, 2.75) is 20.4 Å². The number of aromatic amines is 1. The predicted octanol–water partition coefficient (Wildman–Crippen LogP) is 4.72. The zero-order chi connectivity index (χ0) is 22.9. The van der Waals surface area contributed by atoms with Crippen molar-refractivity contribution in [1.82, 2.24) is 30.2 Å². The summed E-state index contributed by atoms with van der Waals surface area (Å²) in [4.78, 5) is 16.6. The van der Waals surface area contributed by atoms with Crippen molar-refractivity contribution >= 4 is 21.9 Å². The second-order valence-electron chi connectivity index (χ2n) is 7.36. The van der Waals surface area contributed by atoms with Crippen molar-refractivity contribution in [3.05, 3.63) is 70.6 Å². The summed E-state index contributed by atoms with van der Waals surface area (Å²) >= 11 is 3.79. The fraction of sp³-hybridized carbons (Fsp3) is 0.174. The van der Waals surface area contributed by atoms with Crippen LogP contribution in [0.3, 0.4) is 0 Å². The number of H-pyrrole nitrogens is 1. The molecule has 0 saturated carbocycles. The molecule has 33 heavy (non-hydrogen) atoms. The normalized spacial score (nSPS) is 11.2. The lowest BCUT2D eigenvalue weighted by atomic mass is 9.97. The molecule has 9 nitrogen and oxygen atoms in total. The Labute approximate surface area is 197 Å². The maximum atomic E-state index is 12.3. The first-order chi connectivity index (χ1) is 16.1. The number of rotatable bonds is 6. The summed E-state index contributed by atoms with van der Waals surface area (Å²) in [6.07, 6.45) is 5.03. The van der Waals surface area contributed by atoms with E-state index in [9.17, 15) is 4.79 Å². The van der Waals surface area contributed by atoms with Crippen LogP contribution in [0.15, 0.2) is 58.1 Å². The van der Waals surface area contributed by atoms with Gasteiger partial charge in [0.05, 0.1) is 32.0 Å². The third-order valence-electron chi connectivity index (χ3n) is 5.55. The number of nitrogens with zero attached hydrogens (tertiary/aromatic N) is 5. The standard InChI is InChI=1S/C23H19BrN6O3/c1-3-33-23(31)21-13(2)30(12-25-21)10-17-14-8-9-32-11-18(14)20(24)19(17)15-6-4-5-7-16(15)22-26-28-29-27-22/h4-9,11-12H,3,10H2,1-2H3,(H,26,27,28,29). The molecule has 1 aliphatic heterocycles. The van der Waals surface area contributed by atoms with Gasteiger partial charge in [0, 0.05) is 26.9 Å². The van der Waals surface area contributed by atoms with Gasteiger partial charge in [-0.1, -0.05) is 24.3 Å². The number of carbonyl (C=O) groups excluding carboxylic acids is 1. The molecule has 3 heterocycles. The van der Waals surface area contributed by atoms with Gasteiger partial charge in [0.15, 0.2) is 5.69 Å². The van der Waals surface area contributed by atoms with E-state index in [0.717, 1.165) is 43.5 Å². The lowest BCUT2D eigenvalue weighted by molar-refractivity contribution is 0.0519. The molecular formula is C23H19BrN6O3. The number of ether oxygens (including phenoxy) is 1. The number of tetrazole rings is 1. The Morgan fingerprint density at radius 3 is 2.76 bits per heavy atom. The van der Waals surface area contributed by atoms with Gasteiger partial charge in [-0.15, -0.1) is 10.2 Å². The number of nitrogens with one attached hydrogen (secondary N) is 1. The molecule has 5 rings (SSSR count). The monoisotopic (exact) mass is 506 g/mol. The zero-order valence-electron chi connectivity index (χ0n) is 17.9. The molecule has 0 bridgehead atoms. The Hall–Kier alpha value is -3.79. The lowest BCUT2D eigenvalue weighted by Crippen LogP contribution is -2.09. The number of hydrogen-bond donors (Lipinski definition) is 1. The van der Waals surface area contributed by atoms with Gasteiger partial charge in [-0.3, -0.25) is 0 Å². The molecule has 0 saturated heterocycles. The second kappa shape index (κ2) is 8.62. The fourth-order valence-electron chi connectivity index (χ4n) is 3.99. The lowest BCUT2D eigenvalue weighted by Gasteiger charge is -2.12. The molecule has 1 aromatic carbocycles. The van der Waals surface area contributed by atoms with Crippen molar-refractivity contribution in [2.75, 3.05) is 6.61 Å². The van der Waals surface area contributed by atoms with Gasteiger partial charge in [-0.05, 0) is 57.7 Å². The first-order valence-electron chi connectivity index (χ1n) is 10.3. The third kappa shape index (κ3) is 3.62. The first kappa shape index (κ1) is 21.1. The van der Waals surface area contributed by atoms with Gasteiger partial charge in [-0.25, -0.2) is 9.78 Å². The van der Waals surface area contributed by atoms with Crippen molar-refractivity contribution in [1.29, 1.82) is 0 Å². The Balaban J connectivity index is 1.69. The van der Waals surface area contributed by atoms with Crippen molar-refractivity contribution in [3.63, 3.8) is 0 Å². The molecule has 1 N–H and O–H groups in total. The van der Waals surface area contributed by atoms with E-state index in [-0.39, 0.29) is 0 Å². The highest BCUT2D eigenvalue weighted by Gasteiger charge is 2.27. The van der Waals surface area contributed by atoms with E-state index < -0.39 is 5.97 Å². The van der Waals surface area contributed by atoms with Gasteiger partial charge in [0.25, 0.3) is 0 Å². The summed E-state index contributed by atoms with van der Waals surface area (Å²) in [6.45, 7) is 4.42. The summed E-state index contributed by atoms with van der Waals surface area (Å²) in [7, 11) is 0. The van der Waals surface area contributed by atoms with Crippen LogP contribution in [-0.4, -0.2) is 42.8 Å². The summed E-state index contributed by atoms with van der Waals surface area (Å²) in [6, 6.07) is 9.83. The first-order valence-corrected chi connectivity index (χ1v) is 11.1. The zero-order valence-corrected chi connectivity index (χ0v) is 19.5. The quantitative estimate of drug-likeness (QED) is 0.331. The van der Waals surface area contributed by atoms with Gasteiger partial charge >= 0.3 is 5.97 Å². The van der Waals surface area contributed by atoms with E-state index in [0.29, 0.717) is 24.7 Å². The molecular weight excluding hydrogens is 488 g/mol. The van der Waals surface area contributed by atoms with Crippen LogP contribution in [0.4, 0.5) is 0 Å². The number of benzene rings is 1. The Morgan fingerprint density at radius 1 is 1.18 bits per heavy atom. The highest BCUT2D eigenvalue weighted by Crippen LogP contribution is 2.48. The molecule has 3 aromatic rings. The molecule has 0 atom stereocenters. The molecule has 0 radical (unpaired) electrons. The van der Waals surface area contributed by atoms with Gasteiger partial charge in [0.2, 0.25) is 5.82 Å². The summed E-state index contributed by atoms with van der Waals surface area (Å²) < 4.78 is 13.4. The van der Waals surface area contributed by atoms with E-state index in [1.807, 2.05) is 41.8 Å². The maximum Gasteiger partial charge on any atom is 0.358 e. The molecule has 10 heteroatoms. The molecule has 2 aliphatic rings. The van der Waals surface area contributed by atoms with Crippen LogP contribution in [0.25, 0.3) is 33.6 Å². The number of carbonyl (C=O) groups is 1. The summed E-state index contributed by atoms with van der Waals surface area (Å²) in [5, 5.41) is 14.6. The molecule has 0 amide bonds. The number of esters is 1. The van der Waals surface area contributed by atoms with Crippen LogP contribution >= 0.6 is 15.9 Å². The van der Waals surface area contributed by atoms with Gasteiger partial charge in [-0.2, -0.15) is 5.21 Å². The number of imidazole rings is 1. The van der Waals surface area contributed by atoms with E-state index >= 15 is 0 Å².